The van der Waals surface area contributed by atoms with Gasteiger partial charge in [0.2, 0.25) is 0 Å². The second kappa shape index (κ2) is 7.39. The third kappa shape index (κ3) is 3.39. The van der Waals surface area contributed by atoms with Crippen LogP contribution in [0.15, 0.2) is 22.7 Å². The normalized spacial score (nSPS) is 27.0. The summed E-state index contributed by atoms with van der Waals surface area (Å²) in [6, 6.07) is 5.04. The van der Waals surface area contributed by atoms with E-state index in [-0.39, 0.29) is 11.9 Å². The molecule has 3 aliphatic rings. The summed E-state index contributed by atoms with van der Waals surface area (Å²) in [6.07, 6.45) is 4.09. The van der Waals surface area contributed by atoms with Crippen LogP contribution >= 0.6 is 0 Å². The molecular weight excluding hydrogens is 352 g/mol. The van der Waals surface area contributed by atoms with Crippen LogP contribution in [0.1, 0.15) is 57.9 Å². The maximum absolute atomic E-state index is 12.9. The van der Waals surface area contributed by atoms with Crippen LogP contribution < -0.4 is 10.2 Å². The first-order chi connectivity index (χ1) is 13.3. The second-order valence-corrected chi connectivity index (χ2v) is 8.90. The summed E-state index contributed by atoms with van der Waals surface area (Å²) in [5.74, 6) is 1.30. The maximum atomic E-state index is 12.9. The van der Waals surface area contributed by atoms with E-state index in [0.717, 1.165) is 24.4 Å². The van der Waals surface area contributed by atoms with Crippen molar-refractivity contribution in [2.24, 2.45) is 5.92 Å². The number of nitrogens with one attached hydrogen (secondary N) is 1. The van der Waals surface area contributed by atoms with Gasteiger partial charge < -0.3 is 14.6 Å². The van der Waals surface area contributed by atoms with Crippen LogP contribution in [-0.4, -0.2) is 53.0 Å². The van der Waals surface area contributed by atoms with Crippen molar-refractivity contribution < 1.29 is 9.21 Å². The predicted octanol–water partition coefficient (Wildman–Crippen LogP) is 3.66. The van der Waals surface area contributed by atoms with Gasteiger partial charge in [-0.2, -0.15) is 0 Å². The Morgan fingerprint density at radius 2 is 1.89 bits per heavy atom. The summed E-state index contributed by atoms with van der Waals surface area (Å²) in [5.41, 5.74) is 1.14. The van der Waals surface area contributed by atoms with Gasteiger partial charge in [-0.25, -0.2) is 0 Å². The zero-order valence-electron chi connectivity index (χ0n) is 17.6. The Bertz CT molecular complexity index is 841. The summed E-state index contributed by atoms with van der Waals surface area (Å²) in [5, 5.41) is 4.18. The van der Waals surface area contributed by atoms with E-state index in [1.165, 1.54) is 12.8 Å². The summed E-state index contributed by atoms with van der Waals surface area (Å²) in [4.78, 5) is 22.0. The van der Waals surface area contributed by atoms with Gasteiger partial charge >= 0.3 is 0 Å². The van der Waals surface area contributed by atoms with Gasteiger partial charge in [-0.15, -0.1) is 0 Å². The molecule has 0 aliphatic carbocycles. The van der Waals surface area contributed by atoms with Crippen LogP contribution in [0.2, 0.25) is 0 Å². The molecule has 2 aromatic rings. The molecule has 6 nitrogen and oxygen atoms in total. The van der Waals surface area contributed by atoms with Gasteiger partial charge in [-0.1, -0.05) is 0 Å². The lowest BCUT2D eigenvalue weighted by molar-refractivity contribution is 0.0216. The lowest BCUT2D eigenvalue weighted by Crippen LogP contribution is -2.62. The average molecular weight is 385 g/mol. The van der Waals surface area contributed by atoms with E-state index in [1.54, 1.807) is 12.3 Å². The average Bonchev–Trinajstić information content (AvgIpc) is 3.06. The molecule has 1 amide bonds. The molecule has 2 bridgehead atoms. The number of piperidine rings is 3. The number of hydrogen-bond donors (Lipinski definition) is 1. The molecule has 0 radical (unpaired) electrons. The van der Waals surface area contributed by atoms with Crippen molar-refractivity contribution in [3.8, 4) is 0 Å². The highest BCUT2D eigenvalue weighted by Gasteiger charge is 2.40. The van der Waals surface area contributed by atoms with E-state index in [9.17, 15) is 4.79 Å². The fraction of sp³-hybridized carbons (Fsp3) is 0.636. The van der Waals surface area contributed by atoms with Gasteiger partial charge in [-0.3, -0.25) is 14.7 Å². The van der Waals surface area contributed by atoms with Gasteiger partial charge in [0.1, 0.15) is 11.3 Å². The predicted molar refractivity (Wildman–Crippen MR) is 112 cm³/mol. The quantitative estimate of drug-likeness (QED) is 0.852. The van der Waals surface area contributed by atoms with Gasteiger partial charge in [-0.05, 0) is 66.5 Å². The van der Waals surface area contributed by atoms with Crippen molar-refractivity contribution in [3.05, 3.63) is 24.0 Å². The summed E-state index contributed by atoms with van der Waals surface area (Å²) >= 11 is 0. The Balaban J connectivity index is 1.55. The molecule has 3 fully saturated rings. The topological polar surface area (TPSA) is 61.6 Å². The fourth-order valence-electron chi connectivity index (χ4n) is 5.05. The van der Waals surface area contributed by atoms with Crippen LogP contribution in [-0.2, 0) is 0 Å². The minimum absolute atomic E-state index is 0.102. The number of carbonyl (C=O) groups is 1. The van der Waals surface area contributed by atoms with Crippen molar-refractivity contribution in [2.75, 3.05) is 18.0 Å². The van der Waals surface area contributed by atoms with Gasteiger partial charge in [0.25, 0.3) is 5.91 Å². The molecule has 2 aromatic heterocycles. The van der Waals surface area contributed by atoms with E-state index < -0.39 is 0 Å². The second-order valence-electron chi connectivity index (χ2n) is 8.90. The van der Waals surface area contributed by atoms with Crippen LogP contribution in [0.5, 0.6) is 0 Å². The molecule has 5 heterocycles. The van der Waals surface area contributed by atoms with E-state index in [1.807, 2.05) is 6.07 Å². The fourth-order valence-corrected chi connectivity index (χ4v) is 5.05. The van der Waals surface area contributed by atoms with E-state index in [4.69, 9.17) is 4.42 Å². The molecule has 3 saturated heterocycles. The Morgan fingerprint density at radius 3 is 2.50 bits per heavy atom. The number of carbonyl (C=O) groups excluding carboxylic acids is 1. The highest BCUT2D eigenvalue weighted by atomic mass is 16.4. The number of pyridine rings is 1. The smallest absolute Gasteiger partial charge is 0.270 e. The van der Waals surface area contributed by atoms with Crippen LogP contribution in [0.4, 0.5) is 5.88 Å². The van der Waals surface area contributed by atoms with Crippen molar-refractivity contribution >= 4 is 22.8 Å². The minimum Gasteiger partial charge on any atom is -0.440 e. The first-order valence-corrected chi connectivity index (χ1v) is 10.6. The molecule has 0 aromatic carbocycles. The van der Waals surface area contributed by atoms with Crippen molar-refractivity contribution in [1.29, 1.82) is 0 Å². The summed E-state index contributed by atoms with van der Waals surface area (Å²) in [6.45, 7) is 13.1. The van der Waals surface area contributed by atoms with Crippen molar-refractivity contribution in [2.45, 2.75) is 71.6 Å². The third-order valence-corrected chi connectivity index (χ3v) is 6.46. The molecule has 5 rings (SSSR count). The van der Waals surface area contributed by atoms with Crippen molar-refractivity contribution in [3.63, 3.8) is 0 Å². The molecule has 152 valence electrons. The van der Waals surface area contributed by atoms with E-state index in [0.29, 0.717) is 35.3 Å². The molecule has 3 aliphatic heterocycles. The van der Waals surface area contributed by atoms with Gasteiger partial charge in [0.05, 0.1) is 0 Å². The minimum atomic E-state index is -0.102. The first kappa shape index (κ1) is 19.2. The monoisotopic (exact) mass is 384 g/mol. The number of fused-ring (bicyclic) bond motifs is 4. The summed E-state index contributed by atoms with van der Waals surface area (Å²) in [7, 11) is 0. The first-order valence-electron chi connectivity index (χ1n) is 10.6. The molecule has 2 atom stereocenters. The lowest BCUT2D eigenvalue weighted by Gasteiger charge is -2.49. The van der Waals surface area contributed by atoms with Gasteiger partial charge in [0, 0.05) is 47.9 Å². The third-order valence-electron chi connectivity index (χ3n) is 6.46. The molecule has 0 saturated carbocycles. The number of anilines is 1. The number of aromatic nitrogens is 1. The number of rotatable bonds is 5. The number of amides is 1. The zero-order chi connectivity index (χ0) is 20.0. The Morgan fingerprint density at radius 1 is 1.21 bits per heavy atom. The zero-order valence-corrected chi connectivity index (χ0v) is 17.6. The van der Waals surface area contributed by atoms with Gasteiger partial charge in [0.15, 0.2) is 5.88 Å². The molecule has 0 spiro atoms. The standard InChI is InChI=1S/C22H32N4O2/c1-13(2)26(14(3)4)20-10-17-12-23-18(11-19(17)28-20)22(27)24-21-15(5)25-8-6-16(21)7-9-25/h10-16,21H,6-9H2,1-5H3,(H,24,27)/t15-,21-/m0/s1. The molecule has 28 heavy (non-hydrogen) atoms. The molecule has 0 unspecified atom stereocenters. The van der Waals surface area contributed by atoms with Crippen LogP contribution in [0.25, 0.3) is 11.0 Å². The molecule has 6 heteroatoms. The Labute approximate surface area is 167 Å². The molecule has 1 N–H and O–H groups in total. The lowest BCUT2D eigenvalue weighted by atomic mass is 9.79. The number of hydrogen-bond acceptors (Lipinski definition) is 5. The number of furan rings is 1. The Hall–Kier alpha value is -2.08. The maximum Gasteiger partial charge on any atom is 0.270 e. The Kier molecular flexibility index (Phi) is 5.08. The summed E-state index contributed by atoms with van der Waals surface area (Å²) < 4.78 is 6.10. The number of nitrogens with zero attached hydrogens (tertiary/aromatic N) is 3. The largest absolute Gasteiger partial charge is 0.440 e. The van der Waals surface area contributed by atoms with Crippen molar-refractivity contribution in [1.82, 2.24) is 15.2 Å². The highest BCUT2D eigenvalue weighted by molar-refractivity contribution is 5.96. The van der Waals surface area contributed by atoms with Crippen LogP contribution in [0, 0.1) is 5.92 Å². The highest BCUT2D eigenvalue weighted by Crippen LogP contribution is 2.32. The SMILES string of the molecule is CC(C)N(c1cc2cnc(C(=O)N[C@@H]3C4CCN(CC4)[C@H]3C)cc2o1)C(C)C. The molecular formula is C22H32N4O2. The van der Waals surface area contributed by atoms with Crippen LogP contribution in [0.3, 0.4) is 0 Å². The van der Waals surface area contributed by atoms with E-state index in [2.05, 4.69) is 54.7 Å². The van der Waals surface area contributed by atoms with E-state index >= 15 is 0 Å².